The Bertz CT molecular complexity index is 450. The van der Waals surface area contributed by atoms with E-state index in [4.69, 9.17) is 0 Å². The van der Waals surface area contributed by atoms with Crippen LogP contribution in [-0.2, 0) is 0 Å². The summed E-state index contributed by atoms with van der Waals surface area (Å²) in [7, 11) is 1.75. The van der Waals surface area contributed by atoms with Gasteiger partial charge in [0.25, 0.3) is 0 Å². The van der Waals surface area contributed by atoms with Crippen LogP contribution in [0.25, 0.3) is 0 Å². The van der Waals surface area contributed by atoms with Crippen molar-refractivity contribution >= 4 is 17.3 Å². The van der Waals surface area contributed by atoms with Gasteiger partial charge in [0.1, 0.15) is 5.82 Å². The van der Waals surface area contributed by atoms with Gasteiger partial charge in [-0.2, -0.15) is 0 Å². The summed E-state index contributed by atoms with van der Waals surface area (Å²) in [6.45, 7) is 2.20. The normalized spacial score (nSPS) is 22.8. The van der Waals surface area contributed by atoms with Crippen LogP contribution in [-0.4, -0.2) is 23.0 Å². The smallest absolute Gasteiger partial charge is 0.311 e. The lowest BCUT2D eigenvalue weighted by Gasteiger charge is -2.13. The van der Waals surface area contributed by atoms with Gasteiger partial charge in [-0.25, -0.2) is 4.98 Å². The van der Waals surface area contributed by atoms with E-state index >= 15 is 0 Å². The Hall–Kier alpha value is -1.85. The second-order valence-electron chi connectivity index (χ2n) is 4.83. The minimum Gasteiger partial charge on any atom is -0.373 e. The van der Waals surface area contributed by atoms with Crippen LogP contribution in [0.5, 0.6) is 0 Å². The van der Waals surface area contributed by atoms with E-state index in [0.29, 0.717) is 23.6 Å². The van der Waals surface area contributed by atoms with Crippen molar-refractivity contribution in [1.82, 2.24) is 4.98 Å². The summed E-state index contributed by atoms with van der Waals surface area (Å²) in [5, 5.41) is 17.1. The molecule has 2 atom stereocenters. The Morgan fingerprint density at radius 1 is 1.44 bits per heavy atom. The van der Waals surface area contributed by atoms with Gasteiger partial charge < -0.3 is 10.6 Å². The molecule has 1 aliphatic carbocycles. The van der Waals surface area contributed by atoms with E-state index in [-0.39, 0.29) is 5.69 Å². The second kappa shape index (κ2) is 5.20. The van der Waals surface area contributed by atoms with Gasteiger partial charge in [0.15, 0.2) is 0 Å². The van der Waals surface area contributed by atoms with Crippen molar-refractivity contribution in [2.45, 2.75) is 32.2 Å². The highest BCUT2D eigenvalue weighted by Gasteiger charge is 2.24. The molecule has 0 bridgehead atoms. The molecule has 0 aliphatic heterocycles. The van der Waals surface area contributed by atoms with E-state index in [1.54, 1.807) is 13.1 Å². The van der Waals surface area contributed by atoms with Gasteiger partial charge >= 0.3 is 5.69 Å². The molecule has 2 unspecified atom stereocenters. The van der Waals surface area contributed by atoms with Crippen LogP contribution < -0.4 is 10.6 Å². The van der Waals surface area contributed by atoms with Gasteiger partial charge in [-0.3, -0.25) is 10.1 Å². The summed E-state index contributed by atoms with van der Waals surface area (Å²) < 4.78 is 0. The molecular weight excluding hydrogens is 232 g/mol. The van der Waals surface area contributed by atoms with Crippen molar-refractivity contribution in [2.75, 3.05) is 17.7 Å². The first-order valence-corrected chi connectivity index (χ1v) is 6.20. The molecule has 1 aliphatic rings. The Morgan fingerprint density at radius 2 is 2.22 bits per heavy atom. The quantitative estimate of drug-likeness (QED) is 0.634. The molecule has 1 saturated carbocycles. The molecule has 6 nitrogen and oxygen atoms in total. The number of nitro groups is 1. The molecule has 6 heteroatoms. The first-order valence-electron chi connectivity index (χ1n) is 6.20. The summed E-state index contributed by atoms with van der Waals surface area (Å²) in [6.07, 6.45) is 3.25. The van der Waals surface area contributed by atoms with Crippen molar-refractivity contribution in [2.24, 2.45) is 5.92 Å². The van der Waals surface area contributed by atoms with E-state index in [2.05, 4.69) is 22.5 Å². The maximum Gasteiger partial charge on any atom is 0.311 e. The van der Waals surface area contributed by atoms with Crippen LogP contribution in [0.3, 0.4) is 0 Å². The van der Waals surface area contributed by atoms with Crippen molar-refractivity contribution in [1.29, 1.82) is 0 Å². The molecule has 1 fully saturated rings. The summed E-state index contributed by atoms with van der Waals surface area (Å²) in [5.41, 5.74) is 0.0357. The minimum absolute atomic E-state index is 0.0357. The molecule has 1 aromatic rings. The molecule has 0 aromatic carbocycles. The largest absolute Gasteiger partial charge is 0.373 e. The summed E-state index contributed by atoms with van der Waals surface area (Å²) in [5.74, 6) is 1.68. The molecular formula is C12H18N4O2. The highest BCUT2D eigenvalue weighted by Crippen LogP contribution is 2.30. The van der Waals surface area contributed by atoms with E-state index in [0.717, 1.165) is 19.3 Å². The zero-order valence-corrected chi connectivity index (χ0v) is 10.6. The zero-order valence-electron chi connectivity index (χ0n) is 10.6. The molecule has 18 heavy (non-hydrogen) atoms. The van der Waals surface area contributed by atoms with Gasteiger partial charge in [0.05, 0.1) is 4.92 Å². The Balaban J connectivity index is 2.21. The van der Waals surface area contributed by atoms with Crippen molar-refractivity contribution in [3.8, 4) is 0 Å². The van der Waals surface area contributed by atoms with Gasteiger partial charge in [-0.1, -0.05) is 6.92 Å². The Morgan fingerprint density at radius 3 is 2.78 bits per heavy atom. The lowest BCUT2D eigenvalue weighted by atomic mass is 10.1. The van der Waals surface area contributed by atoms with Crippen LogP contribution in [0.2, 0.25) is 0 Å². The molecule has 0 radical (unpaired) electrons. The number of anilines is 2. The number of aromatic nitrogens is 1. The van der Waals surface area contributed by atoms with E-state index in [9.17, 15) is 10.1 Å². The molecule has 0 saturated heterocycles. The number of hydrogen-bond donors (Lipinski definition) is 2. The van der Waals surface area contributed by atoms with E-state index in [1.165, 1.54) is 6.07 Å². The molecule has 98 valence electrons. The molecule has 0 amide bonds. The number of hydrogen-bond acceptors (Lipinski definition) is 5. The Labute approximate surface area is 106 Å². The third kappa shape index (κ3) is 2.69. The molecule has 1 aromatic heterocycles. The standard InChI is InChI=1S/C12H18N4O2/c1-8-3-4-9(7-8)14-12-10(16(17)18)5-6-11(13-2)15-12/h5-6,8-9H,3-4,7H2,1-2H3,(H2,13,14,15). The maximum absolute atomic E-state index is 11.0. The van der Waals surface area contributed by atoms with Crippen LogP contribution in [0.4, 0.5) is 17.3 Å². The topological polar surface area (TPSA) is 80.1 Å². The van der Waals surface area contributed by atoms with Crippen LogP contribution in [0.1, 0.15) is 26.2 Å². The summed E-state index contributed by atoms with van der Waals surface area (Å²) >= 11 is 0. The van der Waals surface area contributed by atoms with E-state index in [1.807, 2.05) is 0 Å². The Kier molecular flexibility index (Phi) is 3.64. The SMILES string of the molecule is CNc1ccc([N+](=O)[O-])c(NC2CCC(C)C2)n1. The maximum atomic E-state index is 11.0. The van der Waals surface area contributed by atoms with Crippen LogP contribution >= 0.6 is 0 Å². The van der Waals surface area contributed by atoms with Gasteiger partial charge in [-0.15, -0.1) is 0 Å². The van der Waals surface area contributed by atoms with Crippen LogP contribution in [0.15, 0.2) is 12.1 Å². The number of rotatable bonds is 4. The monoisotopic (exact) mass is 250 g/mol. The zero-order chi connectivity index (χ0) is 13.1. The molecule has 2 rings (SSSR count). The second-order valence-corrected chi connectivity index (χ2v) is 4.83. The fraction of sp³-hybridized carbons (Fsp3) is 0.583. The van der Waals surface area contributed by atoms with Gasteiger partial charge in [0.2, 0.25) is 5.82 Å². The van der Waals surface area contributed by atoms with Crippen LogP contribution in [0, 0.1) is 16.0 Å². The lowest BCUT2D eigenvalue weighted by Crippen LogP contribution is -2.17. The predicted molar refractivity (Wildman–Crippen MR) is 70.9 cm³/mol. The average Bonchev–Trinajstić information content (AvgIpc) is 2.74. The number of nitrogens with one attached hydrogen (secondary N) is 2. The van der Waals surface area contributed by atoms with Crippen molar-refractivity contribution in [3.63, 3.8) is 0 Å². The first-order chi connectivity index (χ1) is 8.60. The summed E-state index contributed by atoms with van der Waals surface area (Å²) in [4.78, 5) is 14.8. The lowest BCUT2D eigenvalue weighted by molar-refractivity contribution is -0.384. The fourth-order valence-corrected chi connectivity index (χ4v) is 2.38. The molecule has 2 N–H and O–H groups in total. The minimum atomic E-state index is -0.396. The van der Waals surface area contributed by atoms with Gasteiger partial charge in [-0.05, 0) is 31.2 Å². The third-order valence-corrected chi connectivity index (χ3v) is 3.36. The number of pyridine rings is 1. The summed E-state index contributed by atoms with van der Waals surface area (Å²) in [6, 6.07) is 3.39. The van der Waals surface area contributed by atoms with Gasteiger partial charge in [0, 0.05) is 19.2 Å². The third-order valence-electron chi connectivity index (χ3n) is 3.36. The van der Waals surface area contributed by atoms with Crippen molar-refractivity contribution in [3.05, 3.63) is 22.2 Å². The molecule has 0 spiro atoms. The average molecular weight is 250 g/mol. The predicted octanol–water partition coefficient (Wildman–Crippen LogP) is 2.63. The van der Waals surface area contributed by atoms with Crippen molar-refractivity contribution < 1.29 is 4.92 Å². The first kappa shape index (κ1) is 12.6. The highest BCUT2D eigenvalue weighted by molar-refractivity contribution is 5.60. The fourth-order valence-electron chi connectivity index (χ4n) is 2.38. The number of nitrogens with zero attached hydrogens (tertiary/aromatic N) is 2. The molecule has 1 heterocycles. The van der Waals surface area contributed by atoms with E-state index < -0.39 is 4.92 Å². The highest BCUT2D eigenvalue weighted by atomic mass is 16.6.